The molecule has 0 unspecified atom stereocenters. The summed E-state index contributed by atoms with van der Waals surface area (Å²) in [7, 11) is 5.67. The third kappa shape index (κ3) is 1.98. The summed E-state index contributed by atoms with van der Waals surface area (Å²) in [5.41, 5.74) is 6.64. The fourth-order valence-corrected chi connectivity index (χ4v) is 1.56. The van der Waals surface area contributed by atoms with Gasteiger partial charge in [-0.05, 0) is 12.1 Å². The molecular weight excluding hydrogens is 175 g/mol. The van der Waals surface area contributed by atoms with Crippen molar-refractivity contribution in [2.24, 2.45) is 0 Å². The molecule has 1 aromatic heterocycles. The summed E-state index contributed by atoms with van der Waals surface area (Å²) in [6.07, 6.45) is 1.81. The fraction of sp³-hybridized carbons (Fsp3) is 0.444. The predicted octanol–water partition coefficient (Wildman–Crippen LogP) is -0.131. The molecule has 2 radical (unpaired) electrons. The summed E-state index contributed by atoms with van der Waals surface area (Å²) in [4.78, 5) is 8.16. The highest BCUT2D eigenvalue weighted by atomic mass is 15.2. The summed E-state index contributed by atoms with van der Waals surface area (Å²) >= 11 is 0. The van der Waals surface area contributed by atoms with Gasteiger partial charge < -0.3 is 15.4 Å². The molecule has 1 aromatic rings. The number of hydrogen-bond donors (Lipinski definition) is 1. The Morgan fingerprint density at radius 2 is 1.93 bits per heavy atom. The van der Waals surface area contributed by atoms with E-state index in [1.807, 2.05) is 23.1 Å². The van der Waals surface area contributed by atoms with Crippen molar-refractivity contribution in [1.82, 2.24) is 9.79 Å². The molecule has 0 spiro atoms. The van der Waals surface area contributed by atoms with Crippen LogP contribution in [0.4, 0.5) is 11.5 Å². The Morgan fingerprint density at radius 1 is 1.21 bits per heavy atom. The minimum absolute atomic E-state index is 0.561. The van der Waals surface area contributed by atoms with Gasteiger partial charge in [0.25, 0.3) is 0 Å². The standard InChI is InChI=1S/C9H13BN4/c10-14-5-3-13(4-6-14)8-1-2-9(11)12-7-8/h1-2,7H,3-6H2,(H2,11,12). The number of rotatable bonds is 1. The van der Waals surface area contributed by atoms with E-state index in [-0.39, 0.29) is 0 Å². The van der Waals surface area contributed by atoms with E-state index < -0.39 is 0 Å². The highest BCUT2D eigenvalue weighted by molar-refractivity contribution is 6.04. The van der Waals surface area contributed by atoms with E-state index in [0.717, 1.165) is 31.9 Å². The predicted molar refractivity (Wildman–Crippen MR) is 58.2 cm³/mol. The normalized spacial score (nSPS) is 18.4. The number of nitrogens with zero attached hydrogens (tertiary/aromatic N) is 3. The second kappa shape index (κ2) is 3.88. The maximum Gasteiger partial charge on any atom is 0.182 e. The first kappa shape index (κ1) is 9.33. The lowest BCUT2D eigenvalue weighted by Gasteiger charge is -2.34. The quantitative estimate of drug-likeness (QED) is 0.623. The van der Waals surface area contributed by atoms with Crippen LogP contribution in [-0.4, -0.2) is 44.0 Å². The minimum Gasteiger partial charge on any atom is -0.384 e. The minimum atomic E-state index is 0.561. The number of pyridine rings is 1. The maximum absolute atomic E-state index is 5.67. The van der Waals surface area contributed by atoms with Crippen molar-refractivity contribution in [1.29, 1.82) is 0 Å². The van der Waals surface area contributed by atoms with Gasteiger partial charge in [-0.1, -0.05) is 0 Å². The van der Waals surface area contributed by atoms with Gasteiger partial charge in [-0.2, -0.15) is 0 Å². The molecule has 0 amide bonds. The Labute approximate surface area is 85.1 Å². The molecule has 0 bridgehead atoms. The van der Waals surface area contributed by atoms with Crippen molar-refractivity contribution in [3.8, 4) is 0 Å². The summed E-state index contributed by atoms with van der Waals surface area (Å²) in [6.45, 7) is 3.68. The SMILES string of the molecule is [B]N1CCN(c2ccc(N)nc2)CC1. The van der Waals surface area contributed by atoms with Crippen LogP contribution in [0.3, 0.4) is 0 Å². The monoisotopic (exact) mass is 188 g/mol. The molecule has 14 heavy (non-hydrogen) atoms. The van der Waals surface area contributed by atoms with E-state index in [1.165, 1.54) is 0 Å². The molecule has 0 atom stereocenters. The molecule has 1 saturated heterocycles. The van der Waals surface area contributed by atoms with Crippen LogP contribution in [0, 0.1) is 0 Å². The molecule has 0 aliphatic carbocycles. The largest absolute Gasteiger partial charge is 0.384 e. The first-order valence-corrected chi connectivity index (χ1v) is 4.72. The molecule has 72 valence electrons. The average molecular weight is 188 g/mol. The van der Waals surface area contributed by atoms with Gasteiger partial charge in [-0.3, -0.25) is 0 Å². The van der Waals surface area contributed by atoms with Gasteiger partial charge in [-0.15, -0.1) is 0 Å². The lowest BCUT2D eigenvalue weighted by atomic mass is 10.2. The Morgan fingerprint density at radius 3 is 2.50 bits per heavy atom. The Balaban J connectivity index is 2.05. The molecule has 4 nitrogen and oxygen atoms in total. The van der Waals surface area contributed by atoms with Gasteiger partial charge >= 0.3 is 0 Å². The smallest absolute Gasteiger partial charge is 0.182 e. The second-order valence-electron chi connectivity index (χ2n) is 3.46. The Hall–Kier alpha value is -1.23. The summed E-state index contributed by atoms with van der Waals surface area (Å²) in [5.74, 6) is 0.561. The lowest BCUT2D eigenvalue weighted by Crippen LogP contribution is -2.45. The van der Waals surface area contributed by atoms with Gasteiger partial charge in [0.2, 0.25) is 0 Å². The average Bonchev–Trinajstić information content (AvgIpc) is 2.21. The molecule has 0 saturated carbocycles. The highest BCUT2D eigenvalue weighted by Gasteiger charge is 2.13. The zero-order chi connectivity index (χ0) is 9.97. The third-order valence-electron chi connectivity index (χ3n) is 2.45. The molecule has 5 heteroatoms. The van der Waals surface area contributed by atoms with Crippen LogP contribution in [0.2, 0.25) is 0 Å². The van der Waals surface area contributed by atoms with Crippen LogP contribution in [0.25, 0.3) is 0 Å². The van der Waals surface area contributed by atoms with E-state index in [9.17, 15) is 0 Å². The van der Waals surface area contributed by atoms with Crippen molar-refractivity contribution in [2.45, 2.75) is 0 Å². The van der Waals surface area contributed by atoms with E-state index in [1.54, 1.807) is 0 Å². The maximum atomic E-state index is 5.67. The zero-order valence-electron chi connectivity index (χ0n) is 8.06. The number of nitrogens with two attached hydrogens (primary N) is 1. The third-order valence-corrected chi connectivity index (χ3v) is 2.45. The van der Waals surface area contributed by atoms with Crippen molar-refractivity contribution in [3.63, 3.8) is 0 Å². The molecule has 2 N–H and O–H groups in total. The van der Waals surface area contributed by atoms with Crippen LogP contribution < -0.4 is 10.6 Å². The summed E-state index contributed by atoms with van der Waals surface area (Å²) < 4.78 is 0. The summed E-state index contributed by atoms with van der Waals surface area (Å²) in [5, 5.41) is 0. The first-order chi connectivity index (χ1) is 6.75. The van der Waals surface area contributed by atoms with Crippen LogP contribution in [0.15, 0.2) is 18.3 Å². The van der Waals surface area contributed by atoms with Gasteiger partial charge in [0.05, 0.1) is 11.9 Å². The molecule has 2 heterocycles. The van der Waals surface area contributed by atoms with Crippen LogP contribution >= 0.6 is 0 Å². The second-order valence-corrected chi connectivity index (χ2v) is 3.46. The first-order valence-electron chi connectivity index (χ1n) is 4.72. The lowest BCUT2D eigenvalue weighted by molar-refractivity contribution is 0.415. The number of hydrogen-bond acceptors (Lipinski definition) is 4. The van der Waals surface area contributed by atoms with Gasteiger partial charge in [0.15, 0.2) is 7.98 Å². The summed E-state index contributed by atoms with van der Waals surface area (Å²) in [6, 6.07) is 3.82. The molecule has 1 aliphatic heterocycles. The molecule has 1 aliphatic rings. The van der Waals surface area contributed by atoms with E-state index in [4.69, 9.17) is 13.7 Å². The number of nitrogen functional groups attached to an aromatic ring is 1. The van der Waals surface area contributed by atoms with E-state index in [2.05, 4.69) is 9.88 Å². The highest BCUT2D eigenvalue weighted by Crippen LogP contribution is 2.15. The number of anilines is 2. The van der Waals surface area contributed by atoms with Gasteiger partial charge in [0, 0.05) is 26.2 Å². The Bertz CT molecular complexity index is 292. The molecule has 1 fully saturated rings. The topological polar surface area (TPSA) is 45.4 Å². The van der Waals surface area contributed by atoms with Gasteiger partial charge in [-0.25, -0.2) is 4.98 Å². The fourth-order valence-electron chi connectivity index (χ4n) is 1.56. The Kier molecular flexibility index (Phi) is 2.59. The number of piperazine rings is 1. The van der Waals surface area contributed by atoms with Crippen molar-refractivity contribution in [3.05, 3.63) is 18.3 Å². The zero-order valence-corrected chi connectivity index (χ0v) is 8.06. The van der Waals surface area contributed by atoms with Crippen molar-refractivity contribution in [2.75, 3.05) is 36.8 Å². The number of aromatic nitrogens is 1. The van der Waals surface area contributed by atoms with Crippen molar-refractivity contribution < 1.29 is 0 Å². The molecular formula is C9H13BN4. The van der Waals surface area contributed by atoms with Crippen LogP contribution in [-0.2, 0) is 0 Å². The van der Waals surface area contributed by atoms with Crippen molar-refractivity contribution >= 4 is 19.5 Å². The molecule has 2 rings (SSSR count). The van der Waals surface area contributed by atoms with Gasteiger partial charge in [0.1, 0.15) is 5.82 Å². The van der Waals surface area contributed by atoms with Crippen LogP contribution in [0.5, 0.6) is 0 Å². The van der Waals surface area contributed by atoms with Crippen LogP contribution in [0.1, 0.15) is 0 Å². The van der Waals surface area contributed by atoms with E-state index in [0.29, 0.717) is 5.82 Å². The van der Waals surface area contributed by atoms with E-state index >= 15 is 0 Å². The molecule has 0 aromatic carbocycles.